The van der Waals surface area contributed by atoms with E-state index < -0.39 is 66.4 Å². The van der Waals surface area contributed by atoms with Crippen molar-refractivity contribution in [3.05, 3.63) is 0 Å². The molecule has 0 spiro atoms. The summed E-state index contributed by atoms with van der Waals surface area (Å²) in [4.78, 5) is 59.9. The third-order valence-electron chi connectivity index (χ3n) is 4.27. The minimum atomic E-state index is -1.60. The summed E-state index contributed by atoms with van der Waals surface area (Å²) in [6, 6.07) is -5.24. The number of aliphatic carboxylic acids is 2. The summed E-state index contributed by atoms with van der Waals surface area (Å²) in [5.41, 5.74) is 5.76. The average molecular weight is 497 g/mol. The second kappa shape index (κ2) is 15.7. The van der Waals surface area contributed by atoms with Crippen LogP contribution in [0, 0.1) is 0 Å². The number of rotatable bonds is 16. The molecule has 0 radical (unpaired) electrons. The number of carboxylic acids is 2. The van der Waals surface area contributed by atoms with E-state index in [9.17, 15) is 29.1 Å². The molecule has 5 atom stereocenters. The van der Waals surface area contributed by atoms with Gasteiger partial charge in [0, 0.05) is 0 Å². The van der Waals surface area contributed by atoms with Crippen molar-refractivity contribution in [2.24, 2.45) is 5.73 Å². The highest BCUT2D eigenvalue weighted by Crippen LogP contribution is 2.05. The Labute approximate surface area is 194 Å². The van der Waals surface area contributed by atoms with Crippen molar-refractivity contribution in [3.63, 3.8) is 0 Å². The van der Waals surface area contributed by atoms with E-state index in [0.717, 1.165) is 0 Å². The highest BCUT2D eigenvalue weighted by molar-refractivity contribution is 7.98. The number of thioether (sulfide) groups is 2. The van der Waals surface area contributed by atoms with Gasteiger partial charge in [-0.15, -0.1) is 0 Å². The molecular formula is C18H32N4O8S2. The molecule has 5 unspecified atom stereocenters. The number of aliphatic hydroxyl groups is 1. The highest BCUT2D eigenvalue weighted by atomic mass is 32.2. The van der Waals surface area contributed by atoms with Gasteiger partial charge in [0.25, 0.3) is 0 Å². The van der Waals surface area contributed by atoms with Gasteiger partial charge in [-0.1, -0.05) is 0 Å². The fourth-order valence-corrected chi connectivity index (χ4v) is 3.42. The van der Waals surface area contributed by atoms with Gasteiger partial charge in [0.2, 0.25) is 17.7 Å². The quantitative estimate of drug-likeness (QED) is 0.127. The summed E-state index contributed by atoms with van der Waals surface area (Å²) in [6.45, 7) is 1.19. The second-order valence-electron chi connectivity index (χ2n) is 6.95. The monoisotopic (exact) mass is 496 g/mol. The maximum absolute atomic E-state index is 12.7. The van der Waals surface area contributed by atoms with Crippen LogP contribution in [0.3, 0.4) is 0 Å². The molecular weight excluding hydrogens is 464 g/mol. The van der Waals surface area contributed by atoms with Crippen LogP contribution in [0.4, 0.5) is 0 Å². The Morgan fingerprint density at radius 1 is 0.844 bits per heavy atom. The molecule has 0 aromatic carbocycles. The lowest BCUT2D eigenvalue weighted by Gasteiger charge is -2.25. The zero-order valence-corrected chi connectivity index (χ0v) is 19.8. The van der Waals surface area contributed by atoms with Crippen LogP contribution in [-0.4, -0.2) is 99.3 Å². The number of carboxylic acid groups (broad SMARTS) is 2. The van der Waals surface area contributed by atoms with E-state index in [0.29, 0.717) is 17.9 Å². The average Bonchev–Trinajstić information content (AvgIpc) is 2.71. The zero-order valence-electron chi connectivity index (χ0n) is 18.2. The molecule has 0 aliphatic heterocycles. The lowest BCUT2D eigenvalue weighted by Crippen LogP contribution is -2.58. The summed E-state index contributed by atoms with van der Waals surface area (Å²) >= 11 is 2.84. The first-order valence-corrected chi connectivity index (χ1v) is 12.5. The molecule has 0 heterocycles. The molecule has 3 amide bonds. The van der Waals surface area contributed by atoms with Crippen molar-refractivity contribution in [2.75, 3.05) is 24.0 Å². The Balaban J connectivity index is 5.42. The van der Waals surface area contributed by atoms with Gasteiger partial charge in [0.05, 0.1) is 18.6 Å². The molecule has 0 saturated carbocycles. The third-order valence-corrected chi connectivity index (χ3v) is 5.56. The molecule has 0 aromatic rings. The van der Waals surface area contributed by atoms with Gasteiger partial charge < -0.3 is 37.0 Å². The molecule has 32 heavy (non-hydrogen) atoms. The van der Waals surface area contributed by atoms with Crippen molar-refractivity contribution < 1.29 is 39.3 Å². The first-order chi connectivity index (χ1) is 14.9. The Hall–Kier alpha value is -2.03. The minimum absolute atomic E-state index is 0.103. The van der Waals surface area contributed by atoms with Crippen LogP contribution in [0.25, 0.3) is 0 Å². The standard InChI is InChI=1S/C18H32N4O8S2/c1-9(23)14(18(29)30)22-16(27)11(5-7-32-3)20-17(28)12(8-13(24)25)21-15(26)10(19)4-6-31-2/h9-12,14,23H,4-8,19H2,1-3H3,(H,20,28)(H,21,26)(H,22,27)(H,24,25)(H,29,30). The van der Waals surface area contributed by atoms with Crippen molar-refractivity contribution in [3.8, 4) is 0 Å². The Bertz CT molecular complexity index is 665. The van der Waals surface area contributed by atoms with E-state index in [1.807, 2.05) is 6.26 Å². The predicted octanol–water partition coefficient (Wildman–Crippen LogP) is -1.79. The maximum atomic E-state index is 12.7. The molecule has 8 N–H and O–H groups in total. The van der Waals surface area contributed by atoms with E-state index >= 15 is 0 Å². The van der Waals surface area contributed by atoms with Gasteiger partial charge in [-0.2, -0.15) is 23.5 Å². The van der Waals surface area contributed by atoms with Gasteiger partial charge in [0.1, 0.15) is 12.1 Å². The van der Waals surface area contributed by atoms with Crippen LogP contribution >= 0.6 is 23.5 Å². The zero-order chi connectivity index (χ0) is 24.8. The predicted molar refractivity (Wildman–Crippen MR) is 121 cm³/mol. The van der Waals surface area contributed by atoms with Crippen LogP contribution < -0.4 is 21.7 Å². The van der Waals surface area contributed by atoms with Crippen molar-refractivity contribution in [1.82, 2.24) is 16.0 Å². The van der Waals surface area contributed by atoms with Crippen LogP contribution in [0.15, 0.2) is 0 Å². The highest BCUT2D eigenvalue weighted by Gasteiger charge is 2.32. The number of hydrogen-bond donors (Lipinski definition) is 7. The number of aliphatic hydroxyl groups excluding tert-OH is 1. The van der Waals surface area contributed by atoms with E-state index in [1.54, 1.807) is 6.26 Å². The van der Waals surface area contributed by atoms with Gasteiger partial charge in [-0.25, -0.2) is 4.79 Å². The topological polar surface area (TPSA) is 208 Å². The van der Waals surface area contributed by atoms with Crippen LogP contribution in [0.2, 0.25) is 0 Å². The molecule has 0 aromatic heterocycles. The normalized spacial score (nSPS) is 15.5. The molecule has 0 bridgehead atoms. The summed E-state index contributed by atoms with van der Waals surface area (Å²) in [5.74, 6) is -4.30. The van der Waals surface area contributed by atoms with E-state index in [1.165, 1.54) is 30.4 Å². The van der Waals surface area contributed by atoms with Gasteiger partial charge >= 0.3 is 11.9 Å². The Kier molecular flexibility index (Phi) is 14.7. The summed E-state index contributed by atoms with van der Waals surface area (Å²) in [5, 5.41) is 34.6. The molecule has 0 aliphatic carbocycles. The molecule has 0 saturated heterocycles. The molecule has 0 rings (SSSR count). The second-order valence-corrected chi connectivity index (χ2v) is 8.93. The maximum Gasteiger partial charge on any atom is 0.328 e. The van der Waals surface area contributed by atoms with Crippen molar-refractivity contribution in [2.45, 2.75) is 56.5 Å². The minimum Gasteiger partial charge on any atom is -0.481 e. The lowest BCUT2D eigenvalue weighted by atomic mass is 10.1. The molecule has 184 valence electrons. The number of hydrogen-bond acceptors (Lipinski definition) is 9. The summed E-state index contributed by atoms with van der Waals surface area (Å²) in [7, 11) is 0. The summed E-state index contributed by atoms with van der Waals surface area (Å²) in [6.07, 6.45) is 1.88. The molecule has 14 heteroatoms. The number of carbonyl (C=O) groups is 5. The first-order valence-electron chi connectivity index (χ1n) is 9.71. The number of nitrogens with one attached hydrogen (secondary N) is 3. The van der Waals surface area contributed by atoms with Gasteiger partial charge in [-0.3, -0.25) is 19.2 Å². The Morgan fingerprint density at radius 3 is 1.81 bits per heavy atom. The molecule has 0 fully saturated rings. The largest absolute Gasteiger partial charge is 0.481 e. The smallest absolute Gasteiger partial charge is 0.328 e. The van der Waals surface area contributed by atoms with Crippen LogP contribution in [0.1, 0.15) is 26.2 Å². The molecule has 0 aliphatic rings. The number of nitrogens with two attached hydrogens (primary N) is 1. The van der Waals surface area contributed by atoms with Crippen molar-refractivity contribution >= 4 is 53.2 Å². The van der Waals surface area contributed by atoms with Gasteiger partial charge in [-0.05, 0) is 43.8 Å². The van der Waals surface area contributed by atoms with E-state index in [-0.39, 0.29) is 6.42 Å². The van der Waals surface area contributed by atoms with E-state index in [2.05, 4.69) is 16.0 Å². The Morgan fingerprint density at radius 2 is 1.34 bits per heavy atom. The first kappa shape index (κ1) is 30.0. The fraction of sp³-hybridized carbons (Fsp3) is 0.722. The van der Waals surface area contributed by atoms with E-state index in [4.69, 9.17) is 15.9 Å². The SMILES string of the molecule is CSCCC(N)C(=O)NC(CC(=O)O)C(=O)NC(CCSC)C(=O)NC(C(=O)O)C(C)O. The number of amides is 3. The van der Waals surface area contributed by atoms with Gasteiger partial charge in [0.15, 0.2) is 6.04 Å². The van der Waals surface area contributed by atoms with Crippen molar-refractivity contribution in [1.29, 1.82) is 0 Å². The summed E-state index contributed by atoms with van der Waals surface area (Å²) < 4.78 is 0. The molecule has 12 nitrogen and oxygen atoms in total. The fourth-order valence-electron chi connectivity index (χ4n) is 2.46. The third kappa shape index (κ3) is 11.5. The van der Waals surface area contributed by atoms with Crippen LogP contribution in [-0.2, 0) is 24.0 Å². The van der Waals surface area contributed by atoms with Crippen LogP contribution in [0.5, 0.6) is 0 Å². The number of carbonyl (C=O) groups excluding carboxylic acids is 3. The lowest BCUT2D eigenvalue weighted by molar-refractivity contribution is -0.145.